The quantitative estimate of drug-likeness (QED) is 0.488. The maximum atomic E-state index is 13.1. The first-order valence-electron chi connectivity index (χ1n) is 10.4. The summed E-state index contributed by atoms with van der Waals surface area (Å²) in [5, 5.41) is 0.653. The Bertz CT molecular complexity index is 993. The summed E-state index contributed by atoms with van der Waals surface area (Å²) in [5.41, 5.74) is 1.54. The number of ether oxygens (including phenoxy) is 4. The van der Waals surface area contributed by atoms with E-state index in [4.69, 9.17) is 23.9 Å². The van der Waals surface area contributed by atoms with Gasteiger partial charge in [0.05, 0.1) is 38.5 Å². The van der Waals surface area contributed by atoms with Crippen LogP contribution in [0.2, 0.25) is 0 Å². The van der Waals surface area contributed by atoms with Gasteiger partial charge in [0.2, 0.25) is 5.75 Å². The number of aliphatic imine (C=N–C) groups is 1. The Morgan fingerprint density at radius 1 is 1.00 bits per heavy atom. The Morgan fingerprint density at radius 2 is 1.66 bits per heavy atom. The number of carbonyl (C=O) groups is 1. The monoisotopic (exact) mass is 456 g/mol. The number of hydrogen-bond donors (Lipinski definition) is 0. The summed E-state index contributed by atoms with van der Waals surface area (Å²) in [4.78, 5) is 20.1. The van der Waals surface area contributed by atoms with Crippen molar-refractivity contribution < 1.29 is 23.7 Å². The molecule has 0 aromatic heterocycles. The van der Waals surface area contributed by atoms with E-state index in [0.717, 1.165) is 23.4 Å². The minimum Gasteiger partial charge on any atom is -0.494 e. The molecular weight excluding hydrogens is 428 g/mol. The number of benzene rings is 2. The Morgan fingerprint density at radius 3 is 2.19 bits per heavy atom. The van der Waals surface area contributed by atoms with E-state index >= 15 is 0 Å². The van der Waals surface area contributed by atoms with Gasteiger partial charge in [0.15, 0.2) is 16.7 Å². The molecule has 0 spiro atoms. The fourth-order valence-electron chi connectivity index (χ4n) is 3.24. The molecule has 170 valence electrons. The van der Waals surface area contributed by atoms with Gasteiger partial charge in [-0.15, -0.1) is 0 Å². The lowest BCUT2D eigenvalue weighted by atomic mass is 10.1. The van der Waals surface area contributed by atoms with Crippen molar-refractivity contribution in [2.45, 2.75) is 20.3 Å². The predicted octanol–water partition coefficient (Wildman–Crippen LogP) is 5.13. The highest BCUT2D eigenvalue weighted by atomic mass is 32.2. The fourth-order valence-corrected chi connectivity index (χ4v) is 4.27. The molecule has 2 aromatic rings. The van der Waals surface area contributed by atoms with Gasteiger partial charge < -0.3 is 18.9 Å². The molecule has 0 unspecified atom stereocenters. The van der Waals surface area contributed by atoms with Crippen molar-refractivity contribution >= 4 is 34.6 Å². The number of amides is 1. The van der Waals surface area contributed by atoms with Crippen molar-refractivity contribution in [3.8, 4) is 23.0 Å². The van der Waals surface area contributed by atoms with Crippen LogP contribution in [0, 0.1) is 0 Å². The fraction of sp³-hybridized carbons (Fsp3) is 0.333. The number of carbonyl (C=O) groups excluding carboxylic acids is 1. The molecule has 1 amide bonds. The molecule has 0 N–H and O–H groups in total. The van der Waals surface area contributed by atoms with E-state index in [1.54, 1.807) is 26.2 Å². The Kier molecular flexibility index (Phi) is 8.05. The minimum atomic E-state index is -0.0738. The van der Waals surface area contributed by atoms with Crippen LogP contribution in [-0.2, 0) is 4.79 Å². The van der Waals surface area contributed by atoms with Crippen LogP contribution in [0.3, 0.4) is 0 Å². The summed E-state index contributed by atoms with van der Waals surface area (Å²) >= 11 is 1.35. The highest BCUT2D eigenvalue weighted by Crippen LogP contribution is 2.40. The van der Waals surface area contributed by atoms with Crippen molar-refractivity contribution in [1.29, 1.82) is 0 Å². The zero-order valence-corrected chi connectivity index (χ0v) is 19.8. The maximum Gasteiger partial charge on any atom is 0.266 e. The van der Waals surface area contributed by atoms with Crippen molar-refractivity contribution in [2.75, 3.05) is 34.5 Å². The molecule has 0 bridgehead atoms. The average Bonchev–Trinajstić information content (AvgIpc) is 3.08. The lowest BCUT2D eigenvalue weighted by Gasteiger charge is -2.14. The van der Waals surface area contributed by atoms with E-state index in [-0.39, 0.29) is 5.91 Å². The first-order valence-corrected chi connectivity index (χ1v) is 11.2. The summed E-state index contributed by atoms with van der Waals surface area (Å²) in [6, 6.07) is 11.1. The molecule has 32 heavy (non-hydrogen) atoms. The van der Waals surface area contributed by atoms with Crippen molar-refractivity contribution in [1.82, 2.24) is 4.90 Å². The number of methoxy groups -OCH3 is 3. The molecule has 0 saturated carbocycles. The summed E-state index contributed by atoms with van der Waals surface area (Å²) < 4.78 is 21.7. The van der Waals surface area contributed by atoms with E-state index in [9.17, 15) is 4.79 Å². The maximum absolute atomic E-state index is 13.1. The highest BCUT2D eigenvalue weighted by molar-refractivity contribution is 8.18. The third-order valence-electron chi connectivity index (χ3n) is 4.69. The normalized spacial score (nSPS) is 16.0. The Labute approximate surface area is 193 Å². The third-order valence-corrected chi connectivity index (χ3v) is 5.70. The van der Waals surface area contributed by atoms with E-state index in [1.165, 1.54) is 11.8 Å². The lowest BCUT2D eigenvalue weighted by Crippen LogP contribution is -2.29. The van der Waals surface area contributed by atoms with Crippen LogP contribution in [0.15, 0.2) is 46.3 Å². The summed E-state index contributed by atoms with van der Waals surface area (Å²) in [7, 11) is 4.68. The number of thioether (sulfide) groups is 1. The lowest BCUT2D eigenvalue weighted by molar-refractivity contribution is -0.122. The van der Waals surface area contributed by atoms with Gasteiger partial charge in [-0.05, 0) is 73.1 Å². The smallest absolute Gasteiger partial charge is 0.266 e. The molecule has 3 rings (SSSR count). The summed E-state index contributed by atoms with van der Waals surface area (Å²) in [5.74, 6) is 2.29. The SMILES string of the molecule is CCCN1C(=O)/C(=C\c2cc(OC)c(OC)c(OC)c2)SC1=Nc1ccc(OCC)cc1. The highest BCUT2D eigenvalue weighted by Gasteiger charge is 2.33. The summed E-state index contributed by atoms with van der Waals surface area (Å²) in [6.07, 6.45) is 2.65. The van der Waals surface area contributed by atoms with Crippen LogP contribution in [0.5, 0.6) is 23.0 Å². The molecule has 1 heterocycles. The molecule has 0 radical (unpaired) electrons. The number of rotatable bonds is 9. The summed E-state index contributed by atoms with van der Waals surface area (Å²) in [6.45, 7) is 5.18. The second kappa shape index (κ2) is 10.9. The molecule has 1 fully saturated rings. The predicted molar refractivity (Wildman–Crippen MR) is 128 cm³/mol. The van der Waals surface area contributed by atoms with Crippen molar-refractivity contribution in [3.63, 3.8) is 0 Å². The number of nitrogens with zero attached hydrogens (tertiary/aromatic N) is 2. The van der Waals surface area contributed by atoms with E-state index in [2.05, 4.69) is 0 Å². The van der Waals surface area contributed by atoms with Crippen LogP contribution in [0.1, 0.15) is 25.8 Å². The Hall–Kier alpha value is -3.13. The van der Waals surface area contributed by atoms with Gasteiger partial charge >= 0.3 is 0 Å². The molecule has 8 heteroatoms. The zero-order valence-electron chi connectivity index (χ0n) is 19.0. The van der Waals surface area contributed by atoms with E-state index < -0.39 is 0 Å². The van der Waals surface area contributed by atoms with Gasteiger partial charge in [-0.25, -0.2) is 4.99 Å². The standard InChI is InChI=1S/C24H28N2O5S/c1-6-12-26-23(27)21(15-16-13-19(28-3)22(30-5)20(14-16)29-4)32-24(26)25-17-8-10-18(11-9-17)31-7-2/h8-11,13-15H,6-7,12H2,1-5H3/b21-15+,25-24?. The van der Waals surface area contributed by atoms with Gasteiger partial charge in [0, 0.05) is 6.54 Å². The van der Waals surface area contributed by atoms with Crippen LogP contribution in [0.25, 0.3) is 6.08 Å². The molecule has 7 nitrogen and oxygen atoms in total. The first kappa shape index (κ1) is 23.5. The minimum absolute atomic E-state index is 0.0738. The zero-order chi connectivity index (χ0) is 23.1. The topological polar surface area (TPSA) is 69.6 Å². The van der Waals surface area contributed by atoms with Gasteiger partial charge in [-0.3, -0.25) is 9.69 Å². The van der Waals surface area contributed by atoms with Gasteiger partial charge in [-0.2, -0.15) is 0 Å². The third kappa shape index (κ3) is 5.19. The molecule has 1 saturated heterocycles. The van der Waals surface area contributed by atoms with Gasteiger partial charge in [-0.1, -0.05) is 6.92 Å². The number of amidine groups is 1. The molecular formula is C24H28N2O5S. The second-order valence-electron chi connectivity index (χ2n) is 6.85. The molecule has 0 aliphatic carbocycles. The first-order chi connectivity index (χ1) is 15.5. The molecule has 0 atom stereocenters. The van der Waals surface area contributed by atoms with E-state index in [1.807, 2.05) is 56.3 Å². The largest absolute Gasteiger partial charge is 0.494 e. The van der Waals surface area contributed by atoms with E-state index in [0.29, 0.717) is 40.5 Å². The number of hydrogen-bond acceptors (Lipinski definition) is 7. The molecule has 1 aliphatic rings. The Balaban J connectivity index is 1.95. The van der Waals surface area contributed by atoms with Crippen LogP contribution < -0.4 is 18.9 Å². The molecule has 2 aromatic carbocycles. The van der Waals surface area contributed by atoms with Crippen molar-refractivity contribution in [2.24, 2.45) is 4.99 Å². The average molecular weight is 457 g/mol. The van der Waals surface area contributed by atoms with Gasteiger partial charge in [0.1, 0.15) is 5.75 Å². The van der Waals surface area contributed by atoms with Crippen LogP contribution in [0.4, 0.5) is 5.69 Å². The van der Waals surface area contributed by atoms with Crippen LogP contribution in [-0.4, -0.2) is 50.5 Å². The second-order valence-corrected chi connectivity index (χ2v) is 7.86. The molecule has 1 aliphatic heterocycles. The van der Waals surface area contributed by atoms with Crippen LogP contribution >= 0.6 is 11.8 Å². The van der Waals surface area contributed by atoms with Crippen molar-refractivity contribution in [3.05, 3.63) is 46.9 Å². The van der Waals surface area contributed by atoms with Gasteiger partial charge in [0.25, 0.3) is 5.91 Å².